The highest BCUT2D eigenvalue weighted by molar-refractivity contribution is 5.79. The zero-order valence-corrected chi connectivity index (χ0v) is 18.7. The summed E-state index contributed by atoms with van der Waals surface area (Å²) < 4.78 is 34.6. The van der Waals surface area contributed by atoms with Gasteiger partial charge in [0.2, 0.25) is 11.3 Å². The molecular formula is C25H24F2N6O. The number of hydrogen-bond donors (Lipinski definition) is 2. The summed E-state index contributed by atoms with van der Waals surface area (Å²) >= 11 is 0. The average molecular weight is 463 g/mol. The molecule has 4 aromatic rings. The van der Waals surface area contributed by atoms with Gasteiger partial charge >= 0.3 is 0 Å². The standard InChI is InChI=1S/C25H24F2N6O/c1-25(10-3-11-25)16-7-9-20(18(27)13-16)29-22-21(30-23-24(31-22)33-34-32-23)28-19-8-6-15(12-17(19)26)14-4-2-5-14/h6-9,12-14H,2-5,10-11H2,1H3,(H,28,30,32)(H,29,31,33). The lowest BCUT2D eigenvalue weighted by molar-refractivity contribution is 0.271. The van der Waals surface area contributed by atoms with Crippen LogP contribution in [0.3, 0.4) is 0 Å². The zero-order valence-electron chi connectivity index (χ0n) is 18.7. The van der Waals surface area contributed by atoms with E-state index in [-0.39, 0.29) is 45.5 Å². The maximum absolute atomic E-state index is 15.0. The van der Waals surface area contributed by atoms with Crippen molar-refractivity contribution < 1.29 is 13.4 Å². The molecule has 174 valence electrons. The fraction of sp³-hybridized carbons (Fsp3) is 0.360. The molecule has 0 radical (unpaired) electrons. The molecule has 6 rings (SSSR count). The van der Waals surface area contributed by atoms with E-state index < -0.39 is 5.82 Å². The van der Waals surface area contributed by atoms with Crippen molar-refractivity contribution in [3.05, 3.63) is 59.2 Å². The van der Waals surface area contributed by atoms with Gasteiger partial charge in [-0.05, 0) is 82.7 Å². The van der Waals surface area contributed by atoms with Gasteiger partial charge in [-0.3, -0.25) is 0 Å². The molecule has 2 fully saturated rings. The molecule has 0 atom stereocenters. The van der Waals surface area contributed by atoms with Crippen LogP contribution in [0.25, 0.3) is 11.3 Å². The third-order valence-corrected chi connectivity index (χ3v) is 7.31. The minimum absolute atomic E-state index is 0.0281. The van der Waals surface area contributed by atoms with Gasteiger partial charge in [0, 0.05) is 0 Å². The molecule has 2 aliphatic carbocycles. The van der Waals surface area contributed by atoms with Crippen LogP contribution in [0.2, 0.25) is 0 Å². The molecule has 0 saturated heterocycles. The van der Waals surface area contributed by atoms with Gasteiger partial charge in [0.25, 0.3) is 0 Å². The predicted molar refractivity (Wildman–Crippen MR) is 125 cm³/mol. The lowest BCUT2D eigenvalue weighted by Gasteiger charge is -2.39. The summed E-state index contributed by atoms with van der Waals surface area (Å²) in [6.07, 6.45) is 6.63. The van der Waals surface area contributed by atoms with Crippen LogP contribution < -0.4 is 10.6 Å². The second-order valence-corrected chi connectivity index (χ2v) is 9.56. The Labute approximate surface area is 195 Å². The van der Waals surface area contributed by atoms with E-state index in [1.165, 1.54) is 6.42 Å². The maximum atomic E-state index is 15.0. The van der Waals surface area contributed by atoms with Crippen LogP contribution in [0.4, 0.5) is 31.8 Å². The van der Waals surface area contributed by atoms with Gasteiger partial charge in [-0.25, -0.2) is 23.4 Å². The quantitative estimate of drug-likeness (QED) is 0.339. The number of anilines is 4. The van der Waals surface area contributed by atoms with Crippen LogP contribution in [-0.2, 0) is 5.41 Å². The summed E-state index contributed by atoms with van der Waals surface area (Å²) in [4.78, 5) is 8.74. The number of benzene rings is 2. The van der Waals surface area contributed by atoms with Crippen LogP contribution in [0.1, 0.15) is 62.5 Å². The predicted octanol–water partition coefficient (Wildman–Crippen LogP) is 6.49. The zero-order chi connectivity index (χ0) is 23.3. The molecule has 0 aliphatic heterocycles. The summed E-state index contributed by atoms with van der Waals surface area (Å²) in [6.45, 7) is 2.15. The molecule has 0 amide bonds. The molecule has 2 aromatic carbocycles. The van der Waals surface area contributed by atoms with E-state index in [0.717, 1.165) is 43.2 Å². The van der Waals surface area contributed by atoms with Crippen LogP contribution in [0.15, 0.2) is 41.0 Å². The van der Waals surface area contributed by atoms with Crippen molar-refractivity contribution in [2.45, 2.75) is 56.8 Å². The first kappa shape index (κ1) is 20.9. The Kier molecular flexibility index (Phi) is 4.93. The van der Waals surface area contributed by atoms with E-state index in [2.05, 4.69) is 37.8 Å². The molecule has 2 saturated carbocycles. The minimum Gasteiger partial charge on any atom is -0.335 e. The largest absolute Gasteiger partial charge is 0.335 e. The van der Waals surface area contributed by atoms with Gasteiger partial charge in [-0.2, -0.15) is 0 Å². The number of rotatable bonds is 6. The number of fused-ring (bicyclic) bond motifs is 1. The molecule has 0 unspecified atom stereocenters. The number of halogens is 2. The summed E-state index contributed by atoms with van der Waals surface area (Å²) in [5.41, 5.74) is 2.81. The fourth-order valence-corrected chi connectivity index (χ4v) is 4.68. The summed E-state index contributed by atoms with van der Waals surface area (Å²) in [5, 5.41) is 13.4. The van der Waals surface area contributed by atoms with Crippen molar-refractivity contribution in [3.63, 3.8) is 0 Å². The van der Waals surface area contributed by atoms with Gasteiger partial charge in [-0.15, -0.1) is 0 Å². The van der Waals surface area contributed by atoms with Crippen LogP contribution in [-0.4, -0.2) is 20.3 Å². The minimum atomic E-state index is -0.396. The van der Waals surface area contributed by atoms with Crippen molar-refractivity contribution in [2.75, 3.05) is 10.6 Å². The van der Waals surface area contributed by atoms with E-state index in [1.54, 1.807) is 24.3 Å². The van der Waals surface area contributed by atoms with Crippen molar-refractivity contribution in [1.82, 2.24) is 20.3 Å². The first-order chi connectivity index (χ1) is 16.5. The first-order valence-corrected chi connectivity index (χ1v) is 11.6. The second kappa shape index (κ2) is 8.00. The number of nitrogens with zero attached hydrogens (tertiary/aromatic N) is 4. The third-order valence-electron chi connectivity index (χ3n) is 7.31. The molecule has 2 aromatic heterocycles. The monoisotopic (exact) mass is 462 g/mol. The molecule has 2 heterocycles. The molecule has 0 spiro atoms. The number of nitrogens with one attached hydrogen (secondary N) is 2. The maximum Gasteiger partial charge on any atom is 0.245 e. The van der Waals surface area contributed by atoms with E-state index >= 15 is 4.39 Å². The van der Waals surface area contributed by atoms with Crippen molar-refractivity contribution in [2.24, 2.45) is 0 Å². The SMILES string of the molecule is CC1(c2ccc(Nc3nc4nonc4nc3Nc3ccc(C4CCC4)cc3F)c(F)c2)CCC1. The lowest BCUT2D eigenvalue weighted by Crippen LogP contribution is -2.30. The van der Waals surface area contributed by atoms with Gasteiger partial charge < -0.3 is 10.6 Å². The lowest BCUT2D eigenvalue weighted by atomic mass is 9.66. The molecule has 34 heavy (non-hydrogen) atoms. The van der Waals surface area contributed by atoms with E-state index in [1.807, 2.05) is 12.1 Å². The normalized spacial score (nSPS) is 17.3. The molecule has 0 bridgehead atoms. The summed E-state index contributed by atoms with van der Waals surface area (Å²) in [7, 11) is 0. The van der Waals surface area contributed by atoms with Crippen LogP contribution >= 0.6 is 0 Å². The molecule has 2 aliphatic rings. The highest BCUT2D eigenvalue weighted by atomic mass is 19.1. The fourth-order valence-electron chi connectivity index (χ4n) is 4.68. The molecule has 7 nitrogen and oxygen atoms in total. The smallest absolute Gasteiger partial charge is 0.245 e. The van der Waals surface area contributed by atoms with Gasteiger partial charge in [0.15, 0.2) is 11.6 Å². The average Bonchev–Trinajstić information content (AvgIpc) is 3.21. The summed E-state index contributed by atoms with van der Waals surface area (Å²) in [5.74, 6) is 0.0129. The Hall–Kier alpha value is -3.62. The second-order valence-electron chi connectivity index (χ2n) is 9.56. The highest BCUT2D eigenvalue weighted by Gasteiger charge is 2.34. The van der Waals surface area contributed by atoms with E-state index in [0.29, 0.717) is 5.92 Å². The Bertz CT molecular complexity index is 1380. The first-order valence-electron chi connectivity index (χ1n) is 11.6. The van der Waals surface area contributed by atoms with Crippen LogP contribution in [0, 0.1) is 11.6 Å². The van der Waals surface area contributed by atoms with Crippen molar-refractivity contribution >= 4 is 34.3 Å². The number of aromatic nitrogens is 4. The molecule has 9 heteroatoms. The van der Waals surface area contributed by atoms with Crippen LogP contribution in [0.5, 0.6) is 0 Å². The van der Waals surface area contributed by atoms with Gasteiger partial charge in [-0.1, -0.05) is 31.9 Å². The Morgan fingerprint density at radius 3 is 1.97 bits per heavy atom. The van der Waals surface area contributed by atoms with Gasteiger partial charge in [0.1, 0.15) is 11.6 Å². The molecular weight excluding hydrogens is 438 g/mol. The Morgan fingerprint density at radius 1 is 0.853 bits per heavy atom. The van der Waals surface area contributed by atoms with E-state index in [4.69, 9.17) is 4.63 Å². The highest BCUT2D eigenvalue weighted by Crippen LogP contribution is 2.44. The Balaban J connectivity index is 1.32. The number of hydrogen-bond acceptors (Lipinski definition) is 7. The van der Waals surface area contributed by atoms with Gasteiger partial charge in [0.05, 0.1) is 11.4 Å². The van der Waals surface area contributed by atoms with E-state index in [9.17, 15) is 4.39 Å². The van der Waals surface area contributed by atoms with Crippen molar-refractivity contribution in [3.8, 4) is 0 Å². The molecule has 2 N–H and O–H groups in total. The topological polar surface area (TPSA) is 88.8 Å². The third kappa shape index (κ3) is 3.65. The van der Waals surface area contributed by atoms with Crippen molar-refractivity contribution in [1.29, 1.82) is 0 Å². The Morgan fingerprint density at radius 2 is 1.47 bits per heavy atom. The summed E-state index contributed by atoms with van der Waals surface area (Å²) in [6, 6.07) is 10.4.